The molecule has 0 aromatic heterocycles. The summed E-state index contributed by atoms with van der Waals surface area (Å²) in [4.78, 5) is 43.4. The highest BCUT2D eigenvalue weighted by atomic mass is 16.6. The van der Waals surface area contributed by atoms with E-state index in [1.165, 1.54) is 7.05 Å². The van der Waals surface area contributed by atoms with Crippen molar-refractivity contribution in [2.45, 2.75) is 31.3 Å². The number of rotatable bonds is 8. The van der Waals surface area contributed by atoms with E-state index in [-0.39, 0.29) is 12.8 Å². The molecule has 0 rings (SSSR count). The first-order valence-electron chi connectivity index (χ1n) is 5.39. The van der Waals surface area contributed by atoms with Crippen LogP contribution in [0.1, 0.15) is 19.3 Å². The summed E-state index contributed by atoms with van der Waals surface area (Å²) in [6, 6.07) is -2.36. The highest BCUT2D eigenvalue weighted by Crippen LogP contribution is 2.01. The third-order valence-corrected chi connectivity index (χ3v) is 2.20. The second-order valence-electron chi connectivity index (χ2n) is 3.72. The fourth-order valence-corrected chi connectivity index (χ4v) is 1.11. The SMILES string of the molecule is CN[C@@H](CC(=O)O)C(=O)OC(=O)CC[C@H](N)C(=O)O. The molecule has 9 nitrogen and oxygen atoms in total. The number of hydrogen-bond donors (Lipinski definition) is 4. The number of carbonyl (C=O) groups is 4. The molecule has 0 aliphatic heterocycles. The van der Waals surface area contributed by atoms with Gasteiger partial charge in [-0.05, 0) is 13.5 Å². The number of hydrogen-bond acceptors (Lipinski definition) is 7. The van der Waals surface area contributed by atoms with Gasteiger partial charge < -0.3 is 26.0 Å². The summed E-state index contributed by atoms with van der Waals surface area (Å²) < 4.78 is 4.38. The zero-order valence-corrected chi connectivity index (χ0v) is 10.3. The van der Waals surface area contributed by atoms with Gasteiger partial charge in [0.1, 0.15) is 12.1 Å². The normalized spacial score (nSPS) is 13.4. The maximum atomic E-state index is 11.4. The van der Waals surface area contributed by atoms with E-state index in [1.54, 1.807) is 0 Å². The van der Waals surface area contributed by atoms with Crippen molar-refractivity contribution in [1.29, 1.82) is 0 Å². The Bertz CT molecular complexity index is 369. The van der Waals surface area contributed by atoms with E-state index >= 15 is 0 Å². The Kier molecular flexibility index (Phi) is 7.30. The third kappa shape index (κ3) is 7.11. The molecular weight excluding hydrogens is 260 g/mol. The van der Waals surface area contributed by atoms with E-state index in [1.807, 2.05) is 0 Å². The van der Waals surface area contributed by atoms with E-state index in [2.05, 4.69) is 10.1 Å². The summed E-state index contributed by atoms with van der Waals surface area (Å²) in [5.74, 6) is -4.47. The molecule has 0 amide bonds. The van der Waals surface area contributed by atoms with Crippen LogP contribution < -0.4 is 11.1 Å². The Labute approximate surface area is 108 Å². The van der Waals surface area contributed by atoms with E-state index < -0.39 is 42.4 Å². The highest BCUT2D eigenvalue weighted by Gasteiger charge is 2.24. The molecule has 9 heteroatoms. The van der Waals surface area contributed by atoms with E-state index in [0.29, 0.717) is 0 Å². The number of nitrogens with two attached hydrogens (primary N) is 1. The maximum Gasteiger partial charge on any atom is 0.331 e. The fraction of sp³-hybridized carbons (Fsp3) is 0.600. The molecule has 19 heavy (non-hydrogen) atoms. The van der Waals surface area contributed by atoms with Gasteiger partial charge in [0.25, 0.3) is 0 Å². The number of aliphatic carboxylic acids is 2. The van der Waals surface area contributed by atoms with Gasteiger partial charge in [-0.15, -0.1) is 0 Å². The molecule has 0 aromatic rings. The molecule has 0 bridgehead atoms. The van der Waals surface area contributed by atoms with Gasteiger partial charge in [-0.3, -0.25) is 14.4 Å². The molecule has 0 saturated heterocycles. The molecule has 0 spiro atoms. The molecular formula is C10H16N2O7. The van der Waals surface area contributed by atoms with Gasteiger partial charge in [0.05, 0.1) is 6.42 Å². The standard InChI is InChI=1S/C10H16N2O7/c1-12-6(4-7(13)14)10(18)19-8(15)3-2-5(11)9(16)17/h5-6,12H,2-4,11H2,1H3,(H,13,14)(H,16,17)/t5-,6-/m0/s1. The topological polar surface area (TPSA) is 156 Å². The number of likely N-dealkylation sites (N-methyl/N-ethyl adjacent to an activating group) is 1. The predicted octanol–water partition coefficient (Wildman–Crippen LogP) is -1.69. The van der Waals surface area contributed by atoms with Crippen molar-refractivity contribution >= 4 is 23.9 Å². The molecule has 0 heterocycles. The Hall–Kier alpha value is -2.00. The lowest BCUT2D eigenvalue weighted by Gasteiger charge is -2.12. The molecule has 0 fully saturated rings. The molecule has 108 valence electrons. The summed E-state index contributed by atoms with van der Waals surface area (Å²) in [6.45, 7) is 0. The highest BCUT2D eigenvalue weighted by molar-refractivity contribution is 5.90. The van der Waals surface area contributed by atoms with Crippen LogP contribution in [-0.4, -0.2) is 53.2 Å². The van der Waals surface area contributed by atoms with Gasteiger partial charge in [-0.2, -0.15) is 0 Å². The van der Waals surface area contributed by atoms with Crippen molar-refractivity contribution in [3.05, 3.63) is 0 Å². The van der Waals surface area contributed by atoms with Crippen LogP contribution in [0.5, 0.6) is 0 Å². The third-order valence-electron chi connectivity index (χ3n) is 2.20. The van der Waals surface area contributed by atoms with Gasteiger partial charge in [0.15, 0.2) is 0 Å². The number of ether oxygens (including phenoxy) is 1. The minimum Gasteiger partial charge on any atom is -0.481 e. The van der Waals surface area contributed by atoms with E-state index in [0.717, 1.165) is 0 Å². The first-order chi connectivity index (χ1) is 8.77. The van der Waals surface area contributed by atoms with Crippen LogP contribution in [0.15, 0.2) is 0 Å². The van der Waals surface area contributed by atoms with Crippen LogP contribution in [0.2, 0.25) is 0 Å². The number of esters is 2. The summed E-state index contributed by atoms with van der Waals surface area (Å²) in [5, 5.41) is 19.4. The quantitative estimate of drug-likeness (QED) is 0.300. The monoisotopic (exact) mass is 276 g/mol. The summed E-state index contributed by atoms with van der Waals surface area (Å²) >= 11 is 0. The molecule has 0 saturated carbocycles. The zero-order valence-electron chi connectivity index (χ0n) is 10.3. The maximum absolute atomic E-state index is 11.4. The molecule has 0 radical (unpaired) electrons. The molecule has 0 aliphatic carbocycles. The van der Waals surface area contributed by atoms with Crippen molar-refractivity contribution in [2.24, 2.45) is 5.73 Å². The molecule has 2 atom stereocenters. The van der Waals surface area contributed by atoms with Crippen molar-refractivity contribution in [2.75, 3.05) is 7.05 Å². The number of carboxylic acids is 2. The summed E-state index contributed by atoms with van der Waals surface area (Å²) in [5.41, 5.74) is 5.17. The van der Waals surface area contributed by atoms with Crippen molar-refractivity contribution in [1.82, 2.24) is 5.32 Å². The van der Waals surface area contributed by atoms with E-state index in [4.69, 9.17) is 15.9 Å². The van der Waals surface area contributed by atoms with Crippen LogP contribution in [0, 0.1) is 0 Å². The van der Waals surface area contributed by atoms with Crippen LogP contribution in [0.25, 0.3) is 0 Å². The molecule has 0 unspecified atom stereocenters. The second kappa shape index (κ2) is 8.16. The van der Waals surface area contributed by atoms with Crippen molar-refractivity contribution in [3.63, 3.8) is 0 Å². The first-order valence-corrected chi connectivity index (χ1v) is 5.39. The number of carbonyl (C=O) groups excluding carboxylic acids is 2. The average molecular weight is 276 g/mol. The lowest BCUT2D eigenvalue weighted by molar-refractivity contribution is -0.162. The second-order valence-corrected chi connectivity index (χ2v) is 3.72. The van der Waals surface area contributed by atoms with Gasteiger partial charge in [0.2, 0.25) is 0 Å². The smallest absolute Gasteiger partial charge is 0.331 e. The largest absolute Gasteiger partial charge is 0.481 e. The summed E-state index contributed by atoms with van der Waals surface area (Å²) in [7, 11) is 1.35. The van der Waals surface area contributed by atoms with Gasteiger partial charge >= 0.3 is 23.9 Å². The number of carboxylic acid groups (broad SMARTS) is 2. The Morgan fingerprint density at radius 3 is 2.26 bits per heavy atom. The minimum absolute atomic E-state index is 0.176. The average Bonchev–Trinajstić information content (AvgIpc) is 2.32. The predicted molar refractivity (Wildman–Crippen MR) is 61.0 cm³/mol. The van der Waals surface area contributed by atoms with Crippen LogP contribution in [0.4, 0.5) is 0 Å². The minimum atomic E-state index is -1.27. The van der Waals surface area contributed by atoms with Crippen LogP contribution >= 0.6 is 0 Å². The Balaban J connectivity index is 4.20. The molecule has 0 aromatic carbocycles. The van der Waals surface area contributed by atoms with Crippen molar-refractivity contribution < 1.29 is 34.1 Å². The summed E-state index contributed by atoms with van der Waals surface area (Å²) in [6.07, 6.45) is -1.05. The van der Waals surface area contributed by atoms with Gasteiger partial charge in [-0.25, -0.2) is 4.79 Å². The van der Waals surface area contributed by atoms with E-state index in [9.17, 15) is 19.2 Å². The molecule has 0 aliphatic rings. The van der Waals surface area contributed by atoms with Crippen LogP contribution in [0.3, 0.4) is 0 Å². The van der Waals surface area contributed by atoms with Gasteiger partial charge in [-0.1, -0.05) is 0 Å². The van der Waals surface area contributed by atoms with Crippen LogP contribution in [-0.2, 0) is 23.9 Å². The lowest BCUT2D eigenvalue weighted by Crippen LogP contribution is -2.38. The Morgan fingerprint density at radius 2 is 1.84 bits per heavy atom. The zero-order chi connectivity index (χ0) is 15.0. The Morgan fingerprint density at radius 1 is 1.26 bits per heavy atom. The lowest BCUT2D eigenvalue weighted by atomic mass is 10.2. The van der Waals surface area contributed by atoms with Gasteiger partial charge in [0, 0.05) is 6.42 Å². The fourth-order valence-electron chi connectivity index (χ4n) is 1.11. The number of nitrogens with one attached hydrogen (secondary N) is 1. The molecule has 5 N–H and O–H groups in total. The first kappa shape index (κ1) is 17.0. The van der Waals surface area contributed by atoms with Crippen molar-refractivity contribution in [3.8, 4) is 0 Å².